The Balaban J connectivity index is 1.65. The lowest BCUT2D eigenvalue weighted by Crippen LogP contribution is -2.36. The van der Waals surface area contributed by atoms with E-state index in [-0.39, 0.29) is 22.5 Å². The zero-order valence-electron chi connectivity index (χ0n) is 17.9. The monoisotopic (exact) mass is 459 g/mol. The molecule has 10 heteroatoms. The predicted octanol–water partition coefficient (Wildman–Crippen LogP) is 4.31. The highest BCUT2D eigenvalue weighted by Gasteiger charge is 2.29. The Bertz CT molecular complexity index is 1160. The van der Waals surface area contributed by atoms with E-state index in [0.29, 0.717) is 35.6 Å². The number of fused-ring (bicyclic) bond motifs is 1. The minimum atomic E-state index is -0.592. The van der Waals surface area contributed by atoms with Crippen LogP contribution in [0.2, 0.25) is 5.02 Å². The number of aromatic nitrogens is 2. The molecule has 0 saturated carbocycles. The van der Waals surface area contributed by atoms with Crippen LogP contribution in [0.5, 0.6) is 11.5 Å². The molecule has 1 atom stereocenters. The highest BCUT2D eigenvalue weighted by molar-refractivity contribution is 6.31. The summed E-state index contributed by atoms with van der Waals surface area (Å²) < 4.78 is 25.5. The largest absolute Gasteiger partial charge is 0.493 e. The van der Waals surface area contributed by atoms with Crippen LogP contribution in [0.4, 0.5) is 20.7 Å². The highest BCUT2D eigenvalue weighted by Crippen LogP contribution is 2.36. The van der Waals surface area contributed by atoms with Gasteiger partial charge in [-0.25, -0.2) is 19.2 Å². The molecule has 1 aliphatic rings. The SMILES string of the molecule is COc1cc2ncnc(Nc3cccc(Cl)c3F)c2cc1OC(=O)N1CC[C@H](N(C)C)C1. The van der Waals surface area contributed by atoms with Gasteiger partial charge in [0.1, 0.15) is 12.1 Å². The molecule has 1 aliphatic heterocycles. The van der Waals surface area contributed by atoms with Gasteiger partial charge in [-0.1, -0.05) is 17.7 Å². The molecule has 0 aliphatic carbocycles. The lowest BCUT2D eigenvalue weighted by atomic mass is 10.2. The fourth-order valence-corrected chi connectivity index (χ4v) is 3.79. The average molecular weight is 460 g/mol. The van der Waals surface area contributed by atoms with Crippen molar-refractivity contribution in [3.63, 3.8) is 0 Å². The second kappa shape index (κ2) is 9.13. The number of hydrogen-bond acceptors (Lipinski definition) is 7. The predicted molar refractivity (Wildman–Crippen MR) is 120 cm³/mol. The van der Waals surface area contributed by atoms with E-state index in [0.717, 1.165) is 6.42 Å². The van der Waals surface area contributed by atoms with Crippen LogP contribution in [-0.4, -0.2) is 66.2 Å². The summed E-state index contributed by atoms with van der Waals surface area (Å²) in [6.45, 7) is 1.20. The van der Waals surface area contributed by atoms with Crippen molar-refractivity contribution in [2.24, 2.45) is 0 Å². The number of likely N-dealkylation sites (N-methyl/N-ethyl adjacent to an activating group) is 1. The molecule has 0 radical (unpaired) electrons. The van der Waals surface area contributed by atoms with Crippen LogP contribution in [0.3, 0.4) is 0 Å². The summed E-state index contributed by atoms with van der Waals surface area (Å²) in [7, 11) is 5.46. The first kappa shape index (κ1) is 22.0. The minimum Gasteiger partial charge on any atom is -0.493 e. The van der Waals surface area contributed by atoms with Crippen molar-refractivity contribution in [3.8, 4) is 11.5 Å². The Morgan fingerprint density at radius 3 is 2.81 bits per heavy atom. The first-order valence-corrected chi connectivity index (χ1v) is 10.4. The van der Waals surface area contributed by atoms with E-state index in [9.17, 15) is 9.18 Å². The molecule has 168 valence electrons. The van der Waals surface area contributed by atoms with Gasteiger partial charge in [0, 0.05) is 30.6 Å². The molecule has 1 aromatic heterocycles. The molecule has 0 unspecified atom stereocenters. The molecule has 3 aromatic rings. The van der Waals surface area contributed by atoms with Gasteiger partial charge in [0.15, 0.2) is 17.3 Å². The third kappa shape index (κ3) is 4.39. The van der Waals surface area contributed by atoms with Gasteiger partial charge in [-0.3, -0.25) is 0 Å². The Morgan fingerprint density at radius 1 is 1.28 bits per heavy atom. The van der Waals surface area contributed by atoms with Gasteiger partial charge < -0.3 is 24.6 Å². The number of carbonyl (C=O) groups is 1. The Hall–Kier alpha value is -3.17. The van der Waals surface area contributed by atoms with E-state index in [4.69, 9.17) is 21.1 Å². The molecular formula is C22H23ClFN5O3. The van der Waals surface area contributed by atoms with Crippen LogP contribution in [-0.2, 0) is 0 Å². The number of ether oxygens (including phenoxy) is 2. The summed E-state index contributed by atoms with van der Waals surface area (Å²) >= 11 is 5.88. The van der Waals surface area contributed by atoms with Crippen LogP contribution >= 0.6 is 11.6 Å². The molecule has 2 aromatic carbocycles. The minimum absolute atomic E-state index is 0.00806. The van der Waals surface area contributed by atoms with E-state index >= 15 is 0 Å². The van der Waals surface area contributed by atoms with Gasteiger partial charge in [-0.15, -0.1) is 0 Å². The van der Waals surface area contributed by atoms with Crippen molar-refractivity contribution < 1.29 is 18.7 Å². The zero-order valence-corrected chi connectivity index (χ0v) is 18.7. The smallest absolute Gasteiger partial charge is 0.415 e. The summed E-state index contributed by atoms with van der Waals surface area (Å²) in [6.07, 6.45) is 1.77. The quantitative estimate of drug-likeness (QED) is 0.609. The normalized spacial score (nSPS) is 15.9. The summed E-state index contributed by atoms with van der Waals surface area (Å²) in [4.78, 5) is 25.0. The van der Waals surface area contributed by atoms with Gasteiger partial charge in [0.25, 0.3) is 0 Å². The topological polar surface area (TPSA) is 79.8 Å². The van der Waals surface area contributed by atoms with Crippen LogP contribution in [0.15, 0.2) is 36.7 Å². The van der Waals surface area contributed by atoms with E-state index in [1.54, 1.807) is 29.2 Å². The van der Waals surface area contributed by atoms with Gasteiger partial charge in [0.05, 0.1) is 23.3 Å². The highest BCUT2D eigenvalue weighted by atomic mass is 35.5. The number of likely N-dealkylation sites (tertiary alicyclic amines) is 1. The van der Waals surface area contributed by atoms with E-state index in [1.807, 2.05) is 14.1 Å². The van der Waals surface area contributed by atoms with Crippen molar-refractivity contribution >= 4 is 40.1 Å². The molecule has 0 spiro atoms. The Labute approximate surface area is 189 Å². The van der Waals surface area contributed by atoms with Crippen molar-refractivity contribution in [2.45, 2.75) is 12.5 Å². The number of halogens is 2. The fraction of sp³-hybridized carbons (Fsp3) is 0.318. The lowest BCUT2D eigenvalue weighted by Gasteiger charge is -2.20. The van der Waals surface area contributed by atoms with E-state index in [1.165, 1.54) is 19.5 Å². The molecule has 1 amide bonds. The van der Waals surface area contributed by atoms with Crippen LogP contribution in [0, 0.1) is 5.82 Å². The number of methoxy groups -OCH3 is 1. The zero-order chi connectivity index (χ0) is 22.8. The summed E-state index contributed by atoms with van der Waals surface area (Å²) in [5.74, 6) is 0.325. The lowest BCUT2D eigenvalue weighted by molar-refractivity contribution is 0.157. The number of rotatable bonds is 5. The number of benzene rings is 2. The van der Waals surface area contributed by atoms with Gasteiger partial charge in [-0.05, 0) is 38.7 Å². The summed E-state index contributed by atoms with van der Waals surface area (Å²) in [5.41, 5.74) is 0.703. The third-order valence-electron chi connectivity index (χ3n) is 5.47. The number of carbonyl (C=O) groups excluding carboxylic acids is 1. The van der Waals surface area contributed by atoms with Gasteiger partial charge >= 0.3 is 6.09 Å². The maximum absolute atomic E-state index is 14.4. The molecule has 1 N–H and O–H groups in total. The van der Waals surface area contributed by atoms with E-state index < -0.39 is 11.9 Å². The molecule has 32 heavy (non-hydrogen) atoms. The maximum atomic E-state index is 14.4. The Morgan fingerprint density at radius 2 is 2.09 bits per heavy atom. The van der Waals surface area contributed by atoms with Crippen molar-refractivity contribution in [1.29, 1.82) is 0 Å². The molecule has 2 heterocycles. The number of amides is 1. The maximum Gasteiger partial charge on any atom is 0.415 e. The van der Waals surface area contributed by atoms with Crippen molar-refractivity contribution in [2.75, 3.05) is 39.6 Å². The molecule has 1 saturated heterocycles. The molecule has 0 bridgehead atoms. The number of nitrogens with zero attached hydrogens (tertiary/aromatic N) is 4. The van der Waals surface area contributed by atoms with Crippen LogP contribution in [0.1, 0.15) is 6.42 Å². The van der Waals surface area contributed by atoms with Crippen molar-refractivity contribution in [1.82, 2.24) is 19.8 Å². The fourth-order valence-electron chi connectivity index (χ4n) is 3.62. The Kier molecular flexibility index (Phi) is 6.29. The van der Waals surface area contributed by atoms with Gasteiger partial charge in [-0.2, -0.15) is 0 Å². The second-order valence-corrected chi connectivity index (χ2v) is 8.10. The van der Waals surface area contributed by atoms with Crippen LogP contribution < -0.4 is 14.8 Å². The second-order valence-electron chi connectivity index (χ2n) is 7.69. The molecule has 1 fully saturated rings. The van der Waals surface area contributed by atoms with Crippen LogP contribution in [0.25, 0.3) is 10.9 Å². The summed E-state index contributed by atoms with van der Waals surface area (Å²) in [5, 5.41) is 3.46. The average Bonchev–Trinajstić information content (AvgIpc) is 3.28. The number of anilines is 2. The van der Waals surface area contributed by atoms with Crippen molar-refractivity contribution in [3.05, 3.63) is 47.5 Å². The third-order valence-corrected chi connectivity index (χ3v) is 5.77. The molecule has 4 rings (SSSR count). The first-order valence-electron chi connectivity index (χ1n) is 10.0. The first-order chi connectivity index (χ1) is 15.4. The van der Waals surface area contributed by atoms with Gasteiger partial charge in [0.2, 0.25) is 0 Å². The summed E-state index contributed by atoms with van der Waals surface area (Å²) in [6, 6.07) is 8.18. The molecule has 8 nitrogen and oxygen atoms in total. The number of nitrogens with one attached hydrogen (secondary N) is 1. The standard InChI is InChI=1S/C22H23ClFN5O3/c1-28(2)13-7-8-29(11-13)22(30)32-19-9-14-17(10-18(19)31-3)25-12-26-21(14)27-16-6-4-5-15(23)20(16)24/h4-6,9-10,12-13H,7-8,11H2,1-3H3,(H,25,26,27)/t13-/m0/s1. The number of hydrogen-bond donors (Lipinski definition) is 1. The molecular weight excluding hydrogens is 437 g/mol. The van der Waals surface area contributed by atoms with E-state index in [2.05, 4.69) is 20.2 Å².